The first-order valence-electron chi connectivity index (χ1n) is 6.48. The minimum atomic E-state index is -0.231. The van der Waals surface area contributed by atoms with Gasteiger partial charge >= 0.3 is 0 Å². The van der Waals surface area contributed by atoms with E-state index in [0.717, 1.165) is 22.7 Å². The molecule has 1 atom stereocenters. The van der Waals surface area contributed by atoms with Crippen molar-refractivity contribution in [3.05, 3.63) is 68.4 Å². The normalized spacial score (nSPS) is 12.4. The van der Waals surface area contributed by atoms with Gasteiger partial charge in [-0.15, -0.1) is 0 Å². The lowest BCUT2D eigenvalue weighted by molar-refractivity contribution is 0.555. The number of benzene rings is 2. The molecule has 0 fully saturated rings. The third-order valence-electron chi connectivity index (χ3n) is 3.22. The molecule has 106 valence electrons. The number of aryl methyl sites for hydroxylation is 1. The summed E-state index contributed by atoms with van der Waals surface area (Å²) in [6.07, 6.45) is 0. The van der Waals surface area contributed by atoms with Crippen LogP contribution >= 0.6 is 27.5 Å². The Morgan fingerprint density at radius 1 is 1.30 bits per heavy atom. The van der Waals surface area contributed by atoms with Gasteiger partial charge in [-0.3, -0.25) is 0 Å². The van der Waals surface area contributed by atoms with Crippen LogP contribution in [0.3, 0.4) is 0 Å². The lowest BCUT2D eigenvalue weighted by Crippen LogP contribution is -2.23. The van der Waals surface area contributed by atoms with Crippen molar-refractivity contribution in [3.63, 3.8) is 0 Å². The van der Waals surface area contributed by atoms with Gasteiger partial charge in [-0.1, -0.05) is 42.8 Å². The highest BCUT2D eigenvalue weighted by atomic mass is 79.9. The average molecular weight is 357 g/mol. The maximum Gasteiger partial charge on any atom is 0.142 e. The Morgan fingerprint density at radius 3 is 2.70 bits per heavy atom. The second kappa shape index (κ2) is 6.70. The van der Waals surface area contributed by atoms with E-state index in [-0.39, 0.29) is 11.9 Å². The monoisotopic (exact) mass is 355 g/mol. The van der Waals surface area contributed by atoms with E-state index >= 15 is 0 Å². The van der Waals surface area contributed by atoms with Crippen LogP contribution in [0.4, 0.5) is 4.39 Å². The molecule has 0 radical (unpaired) electrons. The summed E-state index contributed by atoms with van der Waals surface area (Å²) in [5.74, 6) is -0.231. The largest absolute Gasteiger partial charge is 0.306 e. The molecule has 0 aliphatic rings. The van der Waals surface area contributed by atoms with Crippen molar-refractivity contribution in [1.82, 2.24) is 5.32 Å². The minimum absolute atomic E-state index is 0.187. The standard InChI is InChI=1S/C16H16BrClFN/c1-3-20-16(11-7-8-14(18)10(2)9-11)12-5-4-6-13(17)15(12)19/h4-9,16,20H,3H2,1-2H3. The third-order valence-corrected chi connectivity index (χ3v) is 4.25. The molecular formula is C16H16BrClFN. The van der Waals surface area contributed by atoms with Crippen LogP contribution in [0, 0.1) is 12.7 Å². The van der Waals surface area contributed by atoms with Crippen molar-refractivity contribution in [2.24, 2.45) is 0 Å². The van der Waals surface area contributed by atoms with Crippen molar-refractivity contribution in [2.75, 3.05) is 6.54 Å². The maximum absolute atomic E-state index is 14.3. The highest BCUT2D eigenvalue weighted by Gasteiger charge is 2.18. The fraction of sp³-hybridized carbons (Fsp3) is 0.250. The summed E-state index contributed by atoms with van der Waals surface area (Å²) in [6.45, 7) is 4.70. The predicted octanol–water partition coefficient (Wildman–Crippen LogP) is 5.25. The van der Waals surface area contributed by atoms with Gasteiger partial charge in [0.2, 0.25) is 0 Å². The molecule has 0 saturated heterocycles. The Balaban J connectivity index is 2.50. The van der Waals surface area contributed by atoms with Crippen LogP contribution in [0.1, 0.15) is 29.7 Å². The zero-order valence-corrected chi connectivity index (χ0v) is 13.7. The second-order valence-corrected chi connectivity index (χ2v) is 5.90. The third kappa shape index (κ3) is 3.22. The first kappa shape index (κ1) is 15.5. The topological polar surface area (TPSA) is 12.0 Å². The molecule has 0 aromatic heterocycles. The molecule has 4 heteroatoms. The predicted molar refractivity (Wildman–Crippen MR) is 85.8 cm³/mol. The van der Waals surface area contributed by atoms with Crippen LogP contribution in [-0.4, -0.2) is 6.54 Å². The molecule has 0 amide bonds. The number of nitrogens with one attached hydrogen (secondary N) is 1. The minimum Gasteiger partial charge on any atom is -0.306 e. The molecular weight excluding hydrogens is 341 g/mol. The SMILES string of the molecule is CCNC(c1ccc(Cl)c(C)c1)c1cccc(Br)c1F. The summed E-state index contributed by atoms with van der Waals surface area (Å²) < 4.78 is 14.8. The van der Waals surface area contributed by atoms with E-state index in [1.165, 1.54) is 0 Å². The number of hydrogen-bond donors (Lipinski definition) is 1. The van der Waals surface area contributed by atoms with Gasteiger partial charge in [0.1, 0.15) is 5.82 Å². The Hall–Kier alpha value is -0.900. The first-order valence-corrected chi connectivity index (χ1v) is 7.65. The first-order chi connectivity index (χ1) is 9.54. The van der Waals surface area contributed by atoms with Gasteiger partial charge < -0.3 is 5.32 Å². The van der Waals surface area contributed by atoms with E-state index < -0.39 is 0 Å². The van der Waals surface area contributed by atoms with Crippen LogP contribution in [0.25, 0.3) is 0 Å². The highest BCUT2D eigenvalue weighted by molar-refractivity contribution is 9.10. The molecule has 0 heterocycles. The van der Waals surface area contributed by atoms with Crippen molar-refractivity contribution in [3.8, 4) is 0 Å². The Morgan fingerprint density at radius 2 is 2.05 bits per heavy atom. The number of hydrogen-bond acceptors (Lipinski definition) is 1. The van der Waals surface area contributed by atoms with Crippen LogP contribution in [0.15, 0.2) is 40.9 Å². The quantitative estimate of drug-likeness (QED) is 0.789. The molecule has 0 saturated carbocycles. The van der Waals surface area contributed by atoms with Gasteiger partial charge in [0.05, 0.1) is 10.5 Å². The van der Waals surface area contributed by atoms with Crippen LogP contribution in [0.5, 0.6) is 0 Å². The maximum atomic E-state index is 14.3. The van der Waals surface area contributed by atoms with Gasteiger partial charge in [0, 0.05) is 10.6 Å². The molecule has 2 aromatic rings. The molecule has 0 aliphatic carbocycles. The van der Waals surface area contributed by atoms with Crippen molar-refractivity contribution < 1.29 is 4.39 Å². The molecule has 2 aromatic carbocycles. The number of rotatable bonds is 4. The lowest BCUT2D eigenvalue weighted by atomic mass is 9.97. The average Bonchev–Trinajstić information content (AvgIpc) is 2.43. The fourth-order valence-corrected chi connectivity index (χ4v) is 2.70. The summed E-state index contributed by atoms with van der Waals surface area (Å²) in [7, 11) is 0. The van der Waals surface area contributed by atoms with Gasteiger partial charge in [0.25, 0.3) is 0 Å². The van der Waals surface area contributed by atoms with Crippen LogP contribution in [-0.2, 0) is 0 Å². The van der Waals surface area contributed by atoms with Crippen molar-refractivity contribution >= 4 is 27.5 Å². The Labute approximate surface area is 132 Å². The van der Waals surface area contributed by atoms with E-state index in [0.29, 0.717) is 10.0 Å². The molecule has 1 N–H and O–H groups in total. The Kier molecular flexibility index (Phi) is 5.19. The number of halogens is 3. The zero-order chi connectivity index (χ0) is 14.7. The molecule has 1 nitrogen and oxygen atoms in total. The summed E-state index contributed by atoms with van der Waals surface area (Å²) in [5, 5.41) is 4.05. The molecule has 0 bridgehead atoms. The van der Waals surface area contributed by atoms with Gasteiger partial charge in [-0.05, 0) is 52.7 Å². The lowest BCUT2D eigenvalue weighted by Gasteiger charge is -2.20. The van der Waals surface area contributed by atoms with E-state index in [1.54, 1.807) is 12.1 Å². The summed E-state index contributed by atoms with van der Waals surface area (Å²) >= 11 is 9.30. The molecule has 0 spiro atoms. The van der Waals surface area contributed by atoms with Gasteiger partial charge in [-0.25, -0.2) is 4.39 Å². The summed E-state index contributed by atoms with van der Waals surface area (Å²) in [6, 6.07) is 10.9. The molecule has 20 heavy (non-hydrogen) atoms. The van der Waals surface area contributed by atoms with Crippen LogP contribution in [0.2, 0.25) is 5.02 Å². The van der Waals surface area contributed by atoms with E-state index in [9.17, 15) is 4.39 Å². The molecule has 2 rings (SSSR count). The van der Waals surface area contributed by atoms with Crippen molar-refractivity contribution in [2.45, 2.75) is 19.9 Å². The molecule has 0 aliphatic heterocycles. The van der Waals surface area contributed by atoms with E-state index in [4.69, 9.17) is 11.6 Å². The van der Waals surface area contributed by atoms with Crippen LogP contribution < -0.4 is 5.32 Å². The second-order valence-electron chi connectivity index (χ2n) is 4.64. The Bertz CT molecular complexity index is 615. The van der Waals surface area contributed by atoms with E-state index in [2.05, 4.69) is 21.2 Å². The van der Waals surface area contributed by atoms with Gasteiger partial charge in [-0.2, -0.15) is 0 Å². The van der Waals surface area contributed by atoms with E-state index in [1.807, 2.05) is 38.1 Å². The van der Waals surface area contributed by atoms with Crippen molar-refractivity contribution in [1.29, 1.82) is 0 Å². The fourth-order valence-electron chi connectivity index (χ4n) is 2.20. The zero-order valence-electron chi connectivity index (χ0n) is 11.4. The summed E-state index contributed by atoms with van der Waals surface area (Å²) in [5.41, 5.74) is 2.62. The molecule has 1 unspecified atom stereocenters. The smallest absolute Gasteiger partial charge is 0.142 e. The van der Waals surface area contributed by atoms with Gasteiger partial charge in [0.15, 0.2) is 0 Å². The summed E-state index contributed by atoms with van der Waals surface area (Å²) in [4.78, 5) is 0. The highest BCUT2D eigenvalue weighted by Crippen LogP contribution is 2.30.